The van der Waals surface area contributed by atoms with Crippen molar-refractivity contribution in [3.05, 3.63) is 41.3 Å². The van der Waals surface area contributed by atoms with Crippen LogP contribution in [-0.2, 0) is 0 Å². The second kappa shape index (κ2) is 4.31. The number of nitrogens with zero attached hydrogens (tertiary/aromatic N) is 2. The van der Waals surface area contributed by atoms with Gasteiger partial charge in [-0.25, -0.2) is 9.97 Å². The Morgan fingerprint density at radius 3 is 1.95 bits per heavy atom. The summed E-state index contributed by atoms with van der Waals surface area (Å²) in [6, 6.07) is 2.68. The molecule has 0 saturated heterocycles. The van der Waals surface area contributed by atoms with Gasteiger partial charge in [0.15, 0.2) is 0 Å². The van der Waals surface area contributed by atoms with Crippen molar-refractivity contribution in [1.29, 1.82) is 0 Å². The van der Waals surface area contributed by atoms with Crippen LogP contribution in [0.1, 0.15) is 0 Å². The molecule has 2 nitrogen and oxygen atoms in total. The molecule has 0 aliphatic carbocycles. The highest BCUT2D eigenvalue weighted by atomic mass is 79.9. The molecule has 0 aliphatic heterocycles. The molecule has 110 valence electrons. The summed E-state index contributed by atoms with van der Waals surface area (Å²) in [5.74, 6) is 0. The Bertz CT molecular complexity index is 645. The first kappa shape index (κ1) is 15.5. The fourth-order valence-corrected chi connectivity index (χ4v) is 3.11. The van der Waals surface area contributed by atoms with Crippen LogP contribution in [0.25, 0.3) is 0 Å². The van der Waals surface area contributed by atoms with Crippen molar-refractivity contribution >= 4 is 37.9 Å². The predicted molar refractivity (Wildman–Crippen MR) is 71.7 cm³/mol. The molecule has 0 saturated carbocycles. The third-order valence-electron chi connectivity index (χ3n) is 2.11. The molecule has 1 aromatic carbocycles. The van der Waals surface area contributed by atoms with Crippen LogP contribution in [0.2, 0.25) is 0 Å². The molecule has 20 heavy (non-hydrogen) atoms. The lowest BCUT2D eigenvalue weighted by Crippen LogP contribution is -2.05. The van der Waals surface area contributed by atoms with E-state index < -0.39 is 15.1 Å². The molecule has 0 atom stereocenters. The number of rotatable bonds is 3. The number of aromatic nitrogens is 2. The summed E-state index contributed by atoms with van der Waals surface area (Å²) in [6.07, 6.45) is 2.85. The van der Waals surface area contributed by atoms with Crippen molar-refractivity contribution < 1.29 is 19.4 Å². The van der Waals surface area contributed by atoms with Crippen LogP contribution < -0.4 is 0 Å². The van der Waals surface area contributed by atoms with Crippen molar-refractivity contribution in [2.75, 3.05) is 0 Å². The van der Waals surface area contributed by atoms with Crippen LogP contribution in [0.4, 0.5) is 19.4 Å². The Kier molecular flexibility index (Phi) is 3.34. The Morgan fingerprint density at radius 1 is 0.900 bits per heavy atom. The summed E-state index contributed by atoms with van der Waals surface area (Å²) in [6.45, 7) is 0. The SMILES string of the molecule is FS(F)(F)(F)(F)c1ccc(Sc2nccnc2Br)cc1. The van der Waals surface area contributed by atoms with Gasteiger partial charge in [-0.3, -0.25) is 0 Å². The quantitative estimate of drug-likeness (QED) is 0.594. The van der Waals surface area contributed by atoms with Gasteiger partial charge in [-0.05, 0) is 40.2 Å². The van der Waals surface area contributed by atoms with Crippen LogP contribution >= 0.6 is 37.9 Å². The highest BCUT2D eigenvalue weighted by Gasteiger charge is 2.65. The standard InChI is InChI=1S/C10H6BrF5N2S2/c11-9-10(18-6-5-17-9)19-7-1-3-8(4-2-7)20(12,13,14,15)16/h1-6H. The van der Waals surface area contributed by atoms with Gasteiger partial charge in [0.05, 0.1) is 0 Å². The van der Waals surface area contributed by atoms with E-state index in [1.54, 1.807) is 0 Å². The molecule has 1 aromatic heterocycles. The monoisotopic (exact) mass is 392 g/mol. The highest BCUT2D eigenvalue weighted by Crippen LogP contribution is 3.02. The van der Waals surface area contributed by atoms with Gasteiger partial charge >= 0.3 is 10.2 Å². The number of hydrogen-bond donors (Lipinski definition) is 0. The second-order valence-corrected chi connectivity index (χ2v) is 7.92. The Labute approximate surface area is 123 Å². The van der Waals surface area contributed by atoms with Crippen molar-refractivity contribution in [3.8, 4) is 0 Å². The lowest BCUT2D eigenvalue weighted by atomic mass is 10.4. The highest BCUT2D eigenvalue weighted by molar-refractivity contribution is 9.10. The molecular formula is C10H6BrF5N2S2. The fraction of sp³-hybridized carbons (Fsp3) is 0. The van der Waals surface area contributed by atoms with Gasteiger partial charge in [0.2, 0.25) is 0 Å². The minimum Gasteiger partial charge on any atom is -0.245 e. The third-order valence-corrected chi connectivity index (χ3v) is 5.11. The molecule has 1 heterocycles. The van der Waals surface area contributed by atoms with E-state index in [0.717, 1.165) is 23.9 Å². The largest absolute Gasteiger partial charge is 0.310 e. The van der Waals surface area contributed by atoms with E-state index in [-0.39, 0.29) is 0 Å². The van der Waals surface area contributed by atoms with E-state index in [0.29, 0.717) is 26.7 Å². The first-order valence-electron chi connectivity index (χ1n) is 4.94. The van der Waals surface area contributed by atoms with Crippen LogP contribution in [0.3, 0.4) is 0 Å². The van der Waals surface area contributed by atoms with Gasteiger partial charge in [0.25, 0.3) is 0 Å². The van der Waals surface area contributed by atoms with Gasteiger partial charge in [-0.1, -0.05) is 31.2 Å². The molecule has 10 heteroatoms. The fourth-order valence-electron chi connectivity index (χ4n) is 1.25. The maximum absolute atomic E-state index is 12.5. The Hall–Kier alpha value is -0.870. The van der Waals surface area contributed by atoms with Crippen molar-refractivity contribution in [2.24, 2.45) is 0 Å². The van der Waals surface area contributed by atoms with Crippen LogP contribution in [-0.4, -0.2) is 9.97 Å². The van der Waals surface area contributed by atoms with Gasteiger partial charge in [0.1, 0.15) is 14.5 Å². The molecule has 0 bridgehead atoms. The van der Waals surface area contributed by atoms with E-state index in [1.807, 2.05) is 0 Å². The maximum atomic E-state index is 12.5. The van der Waals surface area contributed by atoms with Crippen molar-refractivity contribution in [3.63, 3.8) is 0 Å². The predicted octanol–water partition coefficient (Wildman–Crippen LogP) is 6.05. The Morgan fingerprint density at radius 2 is 1.45 bits per heavy atom. The molecule has 0 radical (unpaired) electrons. The van der Waals surface area contributed by atoms with Crippen molar-refractivity contribution in [2.45, 2.75) is 14.8 Å². The van der Waals surface area contributed by atoms with E-state index in [9.17, 15) is 19.4 Å². The summed E-state index contributed by atoms with van der Waals surface area (Å²) in [4.78, 5) is 6.29. The smallest absolute Gasteiger partial charge is 0.245 e. The average Bonchev–Trinajstić information content (AvgIpc) is 2.30. The maximum Gasteiger partial charge on any atom is 0.310 e. The molecule has 0 amide bonds. The second-order valence-electron chi connectivity index (χ2n) is 3.69. The lowest BCUT2D eigenvalue weighted by Gasteiger charge is -2.40. The summed E-state index contributed by atoms with van der Waals surface area (Å²) < 4.78 is 63.1. The molecule has 2 rings (SSSR count). The molecular weight excluding hydrogens is 387 g/mol. The Balaban J connectivity index is 2.29. The van der Waals surface area contributed by atoms with E-state index in [1.165, 1.54) is 12.4 Å². The zero-order valence-corrected chi connectivity index (χ0v) is 12.7. The van der Waals surface area contributed by atoms with Crippen LogP contribution in [0, 0.1) is 0 Å². The van der Waals surface area contributed by atoms with Gasteiger partial charge < -0.3 is 0 Å². The van der Waals surface area contributed by atoms with Crippen LogP contribution in [0.5, 0.6) is 0 Å². The molecule has 2 aromatic rings. The average molecular weight is 393 g/mol. The zero-order valence-electron chi connectivity index (χ0n) is 9.44. The minimum atomic E-state index is -9.61. The number of benzene rings is 1. The molecule has 0 spiro atoms. The molecule has 0 unspecified atom stereocenters. The lowest BCUT2D eigenvalue weighted by molar-refractivity contribution is 0.364. The molecule has 0 aliphatic rings. The normalized spacial score (nSPS) is 15.5. The zero-order chi connectivity index (χ0) is 15.1. The van der Waals surface area contributed by atoms with Gasteiger partial charge in [-0.2, -0.15) is 0 Å². The van der Waals surface area contributed by atoms with Gasteiger partial charge in [-0.15, -0.1) is 0 Å². The first-order chi connectivity index (χ1) is 8.95. The summed E-state index contributed by atoms with van der Waals surface area (Å²) >= 11 is 4.14. The van der Waals surface area contributed by atoms with E-state index >= 15 is 0 Å². The van der Waals surface area contributed by atoms with E-state index in [4.69, 9.17) is 0 Å². The summed E-state index contributed by atoms with van der Waals surface area (Å²) in [5.41, 5.74) is 0. The first-order valence-corrected chi connectivity index (χ1v) is 8.50. The molecule has 0 N–H and O–H groups in total. The summed E-state index contributed by atoms with van der Waals surface area (Å²) in [5, 5.41) is 0.424. The minimum absolute atomic E-state index is 0.344. The van der Waals surface area contributed by atoms with Crippen molar-refractivity contribution in [1.82, 2.24) is 9.97 Å². The van der Waals surface area contributed by atoms with Gasteiger partial charge in [0, 0.05) is 17.3 Å². The topological polar surface area (TPSA) is 25.8 Å². The van der Waals surface area contributed by atoms with E-state index in [2.05, 4.69) is 25.9 Å². The summed E-state index contributed by atoms with van der Waals surface area (Å²) in [7, 11) is -9.61. The van der Waals surface area contributed by atoms with Crippen LogP contribution in [0.15, 0.2) is 56.1 Å². The number of hydrogen-bond acceptors (Lipinski definition) is 3. The third kappa shape index (κ3) is 3.83. The number of halogens is 6. The molecule has 0 fully saturated rings.